The van der Waals surface area contributed by atoms with E-state index in [0.29, 0.717) is 4.34 Å². The van der Waals surface area contributed by atoms with E-state index in [1.165, 1.54) is 11.3 Å². The van der Waals surface area contributed by atoms with Crippen molar-refractivity contribution < 1.29 is 4.79 Å². The molecule has 1 aliphatic rings. The number of halogens is 3. The predicted octanol–water partition coefficient (Wildman–Crippen LogP) is 3.75. The molecule has 17 heavy (non-hydrogen) atoms. The Kier molecular flexibility index (Phi) is 3.69. The minimum absolute atomic E-state index is 0.106. The highest BCUT2D eigenvalue weighted by Crippen LogP contribution is 2.66. The molecule has 1 amide bonds. The summed E-state index contributed by atoms with van der Waals surface area (Å²) in [4.78, 5) is 12.7. The van der Waals surface area contributed by atoms with Gasteiger partial charge in [0.1, 0.15) is 0 Å². The third kappa shape index (κ3) is 2.75. The van der Waals surface area contributed by atoms with Gasteiger partial charge < -0.3 is 0 Å². The second-order valence-electron chi connectivity index (χ2n) is 4.05. The number of amides is 1. The SMILES string of the molecule is CC1(C(=O)NN=Cc2ccc(Cl)s2)CC1(Br)Br. The van der Waals surface area contributed by atoms with Gasteiger partial charge in [-0.15, -0.1) is 11.3 Å². The molecule has 0 saturated heterocycles. The minimum Gasteiger partial charge on any atom is -0.272 e. The molecule has 92 valence electrons. The van der Waals surface area contributed by atoms with Crippen LogP contribution < -0.4 is 5.43 Å². The lowest BCUT2D eigenvalue weighted by Crippen LogP contribution is -2.29. The zero-order chi connectivity index (χ0) is 12.7. The molecule has 1 aromatic heterocycles. The number of hydrogen-bond acceptors (Lipinski definition) is 3. The van der Waals surface area contributed by atoms with Gasteiger partial charge in [0.2, 0.25) is 5.91 Å². The summed E-state index contributed by atoms with van der Waals surface area (Å²) < 4.78 is 0.408. The van der Waals surface area contributed by atoms with Crippen LogP contribution in [0, 0.1) is 5.41 Å². The van der Waals surface area contributed by atoms with Gasteiger partial charge in [-0.3, -0.25) is 4.79 Å². The third-order valence-corrected chi connectivity index (χ3v) is 6.19. The van der Waals surface area contributed by atoms with Crippen LogP contribution in [0.5, 0.6) is 0 Å². The molecule has 3 nitrogen and oxygen atoms in total. The summed E-state index contributed by atoms with van der Waals surface area (Å²) in [7, 11) is 0. The van der Waals surface area contributed by atoms with E-state index in [-0.39, 0.29) is 9.14 Å². The summed E-state index contributed by atoms with van der Waals surface area (Å²) >= 11 is 14.1. The summed E-state index contributed by atoms with van der Waals surface area (Å²) in [5.41, 5.74) is 2.09. The van der Waals surface area contributed by atoms with E-state index in [1.54, 1.807) is 12.3 Å². The van der Waals surface area contributed by atoms with Crippen LogP contribution in [0.1, 0.15) is 18.2 Å². The number of carbonyl (C=O) groups excluding carboxylic acids is 1. The van der Waals surface area contributed by atoms with Crippen LogP contribution in [0.3, 0.4) is 0 Å². The molecule has 1 aromatic rings. The topological polar surface area (TPSA) is 41.5 Å². The monoisotopic (exact) mass is 398 g/mol. The second kappa shape index (κ2) is 4.64. The first-order chi connectivity index (χ1) is 7.85. The molecule has 0 radical (unpaired) electrons. The predicted molar refractivity (Wildman–Crippen MR) is 78.4 cm³/mol. The molecular weight excluding hydrogens is 391 g/mol. The number of rotatable bonds is 3. The first-order valence-electron chi connectivity index (χ1n) is 4.82. The van der Waals surface area contributed by atoms with Gasteiger partial charge >= 0.3 is 0 Å². The lowest BCUT2D eigenvalue weighted by molar-refractivity contribution is -0.125. The Morgan fingerprint density at radius 2 is 2.29 bits per heavy atom. The van der Waals surface area contributed by atoms with Gasteiger partial charge in [0.15, 0.2) is 0 Å². The minimum atomic E-state index is -0.447. The van der Waals surface area contributed by atoms with Gasteiger partial charge in [0.05, 0.1) is 19.2 Å². The molecule has 2 rings (SSSR count). The Bertz CT molecular complexity index is 488. The first-order valence-corrected chi connectivity index (χ1v) is 7.60. The number of alkyl halides is 2. The number of hydrogen-bond donors (Lipinski definition) is 1. The molecule has 1 atom stereocenters. The Morgan fingerprint density at radius 1 is 1.65 bits per heavy atom. The molecule has 7 heteroatoms. The molecular formula is C10H9Br2ClN2OS. The maximum atomic E-state index is 11.8. The number of hydrazone groups is 1. The molecule has 1 N–H and O–H groups in total. The molecule has 1 unspecified atom stereocenters. The van der Waals surface area contributed by atoms with Crippen LogP contribution in [-0.4, -0.2) is 15.4 Å². The summed E-state index contributed by atoms with van der Waals surface area (Å²) in [6.07, 6.45) is 2.33. The maximum absolute atomic E-state index is 11.8. The van der Waals surface area contributed by atoms with Gasteiger partial charge in [0.25, 0.3) is 0 Å². The Hall–Kier alpha value is 0.0900. The fourth-order valence-corrected chi connectivity index (χ4v) is 3.74. The van der Waals surface area contributed by atoms with E-state index >= 15 is 0 Å². The lowest BCUT2D eigenvalue weighted by Gasteiger charge is -2.09. The van der Waals surface area contributed by atoms with Crippen molar-refractivity contribution in [2.24, 2.45) is 10.5 Å². The number of nitrogens with one attached hydrogen (secondary N) is 1. The number of nitrogens with zero attached hydrogens (tertiary/aromatic N) is 1. The van der Waals surface area contributed by atoms with Crippen LogP contribution in [0.4, 0.5) is 0 Å². The van der Waals surface area contributed by atoms with Crippen molar-refractivity contribution >= 4 is 66.9 Å². The third-order valence-electron chi connectivity index (χ3n) is 2.71. The Balaban J connectivity index is 1.91. The zero-order valence-corrected chi connectivity index (χ0v) is 13.6. The average molecular weight is 401 g/mol. The smallest absolute Gasteiger partial charge is 0.248 e. The van der Waals surface area contributed by atoms with Crippen LogP contribution in [0.15, 0.2) is 17.2 Å². The molecule has 1 saturated carbocycles. The fraction of sp³-hybridized carbons (Fsp3) is 0.400. The molecule has 1 heterocycles. The van der Waals surface area contributed by atoms with Crippen LogP contribution in [0.2, 0.25) is 4.34 Å². The molecule has 0 spiro atoms. The van der Waals surface area contributed by atoms with E-state index in [4.69, 9.17) is 11.6 Å². The molecule has 0 bridgehead atoms. The first kappa shape index (κ1) is 13.5. The van der Waals surface area contributed by atoms with E-state index in [2.05, 4.69) is 42.4 Å². The summed E-state index contributed by atoms with van der Waals surface area (Å²) in [6.45, 7) is 1.88. The van der Waals surface area contributed by atoms with Gasteiger partial charge in [-0.05, 0) is 25.5 Å². The molecule has 0 aliphatic heterocycles. The summed E-state index contributed by atoms with van der Waals surface area (Å²) in [5.74, 6) is -0.106. The van der Waals surface area contributed by atoms with Crippen LogP contribution in [0.25, 0.3) is 0 Å². The van der Waals surface area contributed by atoms with Gasteiger partial charge in [-0.2, -0.15) is 5.10 Å². The zero-order valence-electron chi connectivity index (χ0n) is 8.84. The van der Waals surface area contributed by atoms with Crippen molar-refractivity contribution in [2.75, 3.05) is 0 Å². The highest BCUT2D eigenvalue weighted by atomic mass is 79.9. The highest BCUT2D eigenvalue weighted by Gasteiger charge is 2.66. The Labute approximate surface area is 125 Å². The van der Waals surface area contributed by atoms with E-state index in [1.807, 2.05) is 13.0 Å². The van der Waals surface area contributed by atoms with Gasteiger partial charge in [-0.1, -0.05) is 43.5 Å². The number of thiophene rings is 1. The Morgan fingerprint density at radius 3 is 2.76 bits per heavy atom. The van der Waals surface area contributed by atoms with Gasteiger partial charge in [-0.25, -0.2) is 5.43 Å². The fourth-order valence-electron chi connectivity index (χ4n) is 1.32. The van der Waals surface area contributed by atoms with Crippen molar-refractivity contribution in [1.82, 2.24) is 5.43 Å². The lowest BCUT2D eigenvalue weighted by atomic mass is 10.1. The van der Waals surface area contributed by atoms with Crippen LogP contribution >= 0.6 is 54.8 Å². The normalized spacial score (nSPS) is 26.1. The molecule has 1 aliphatic carbocycles. The van der Waals surface area contributed by atoms with Gasteiger partial charge in [0, 0.05) is 4.88 Å². The van der Waals surface area contributed by atoms with E-state index in [0.717, 1.165) is 11.3 Å². The van der Waals surface area contributed by atoms with Crippen molar-refractivity contribution in [3.05, 3.63) is 21.3 Å². The number of carbonyl (C=O) groups is 1. The standard InChI is InChI=1S/C10H9Br2ClN2OS/c1-9(5-10(9,11)12)8(16)15-14-4-6-2-3-7(13)17-6/h2-4H,5H2,1H3,(H,15,16). The van der Waals surface area contributed by atoms with E-state index in [9.17, 15) is 4.79 Å². The van der Waals surface area contributed by atoms with E-state index < -0.39 is 5.41 Å². The van der Waals surface area contributed by atoms with Crippen LogP contribution in [-0.2, 0) is 4.79 Å². The molecule has 0 aromatic carbocycles. The highest BCUT2D eigenvalue weighted by molar-refractivity contribution is 9.25. The largest absolute Gasteiger partial charge is 0.272 e. The quantitative estimate of drug-likeness (QED) is 0.469. The summed E-state index contributed by atoms with van der Waals surface area (Å²) in [5, 5.41) is 3.91. The van der Waals surface area contributed by atoms with Crippen molar-refractivity contribution in [2.45, 2.75) is 16.6 Å². The van der Waals surface area contributed by atoms with Crippen molar-refractivity contribution in [3.63, 3.8) is 0 Å². The molecule has 1 fully saturated rings. The second-order valence-corrected chi connectivity index (χ2v) is 9.57. The maximum Gasteiger partial charge on any atom is 0.248 e. The summed E-state index contributed by atoms with van der Waals surface area (Å²) in [6, 6.07) is 3.64. The van der Waals surface area contributed by atoms with Crippen molar-refractivity contribution in [3.8, 4) is 0 Å². The van der Waals surface area contributed by atoms with Crippen molar-refractivity contribution in [1.29, 1.82) is 0 Å². The average Bonchev–Trinajstić information content (AvgIpc) is 2.58.